The van der Waals surface area contributed by atoms with Gasteiger partial charge >= 0.3 is 18.3 Å². The second-order valence-electron chi connectivity index (χ2n) is 11.0. The number of fused-ring (bicyclic) bond motifs is 1. The molecule has 10 nitrogen and oxygen atoms in total. The van der Waals surface area contributed by atoms with Crippen LogP contribution in [-0.2, 0) is 23.9 Å². The Hall–Kier alpha value is -4.12. The maximum atomic E-state index is 13.8. The number of para-hydroxylation sites is 1. The molecule has 3 amide bonds. The zero-order valence-corrected chi connectivity index (χ0v) is 26.8. The van der Waals surface area contributed by atoms with Crippen LogP contribution in [0.4, 0.5) is 32.0 Å². The first-order valence-electron chi connectivity index (χ1n) is 14.7. The van der Waals surface area contributed by atoms with Crippen LogP contribution in [0.2, 0.25) is 0 Å². The number of carbonyl (C=O) groups is 4. The van der Waals surface area contributed by atoms with Gasteiger partial charge in [0.1, 0.15) is 6.04 Å². The van der Waals surface area contributed by atoms with Crippen molar-refractivity contribution in [1.29, 1.82) is 0 Å². The van der Waals surface area contributed by atoms with Crippen molar-refractivity contribution in [3.05, 3.63) is 65.7 Å². The van der Waals surface area contributed by atoms with Gasteiger partial charge in [0, 0.05) is 42.7 Å². The van der Waals surface area contributed by atoms with E-state index in [9.17, 15) is 45.5 Å². The molecule has 4 atom stereocenters. The molecule has 48 heavy (non-hydrogen) atoms. The first-order valence-corrected chi connectivity index (χ1v) is 15.7. The van der Waals surface area contributed by atoms with E-state index >= 15 is 0 Å². The van der Waals surface area contributed by atoms with E-state index in [1.807, 2.05) is 0 Å². The molecule has 17 heteroatoms. The highest BCUT2D eigenvalue weighted by Gasteiger charge is 2.40. The fraction of sp³-hybridized carbons (Fsp3) is 0.452. The second kappa shape index (κ2) is 16.8. The molecule has 0 radical (unpaired) electrons. The summed E-state index contributed by atoms with van der Waals surface area (Å²) in [5.74, 6) is -7.57. The zero-order valence-electron chi connectivity index (χ0n) is 25.9. The van der Waals surface area contributed by atoms with Gasteiger partial charge in [0.25, 0.3) is 5.91 Å². The average Bonchev–Trinajstić information content (AvgIpc) is 3.13. The number of likely N-dealkylation sites (N-methyl/N-ethyl adjacent to an activating group) is 1. The quantitative estimate of drug-likeness (QED) is 0.149. The highest BCUT2D eigenvalue weighted by molar-refractivity contribution is 7.98. The lowest BCUT2D eigenvalue weighted by molar-refractivity contribution is -0.147. The van der Waals surface area contributed by atoms with Crippen LogP contribution in [0.5, 0.6) is 0 Å². The Kier molecular flexibility index (Phi) is 13.4. The smallest absolute Gasteiger partial charge is 0.389 e. The Morgan fingerprint density at radius 3 is 2.17 bits per heavy atom. The number of methoxy groups -OCH3 is 1. The summed E-state index contributed by atoms with van der Waals surface area (Å²) in [5.41, 5.74) is 7.47. The molecule has 0 spiro atoms. The molecule has 0 bridgehead atoms. The highest BCUT2D eigenvalue weighted by atomic mass is 32.2. The van der Waals surface area contributed by atoms with Crippen LogP contribution >= 0.6 is 11.9 Å². The van der Waals surface area contributed by atoms with Crippen LogP contribution in [0.1, 0.15) is 43.2 Å². The summed E-state index contributed by atoms with van der Waals surface area (Å²) in [5, 5.41) is 2.40. The van der Waals surface area contributed by atoms with Crippen LogP contribution in [0.3, 0.4) is 0 Å². The summed E-state index contributed by atoms with van der Waals surface area (Å²) in [4.78, 5) is 58.1. The summed E-state index contributed by atoms with van der Waals surface area (Å²) in [6.45, 7) is 0. The number of carbonyl (C=O) groups excluding carboxylic acids is 4. The van der Waals surface area contributed by atoms with E-state index in [1.165, 1.54) is 11.9 Å². The van der Waals surface area contributed by atoms with Gasteiger partial charge in [-0.05, 0) is 37.3 Å². The molecule has 1 heterocycles. The van der Waals surface area contributed by atoms with E-state index in [0.29, 0.717) is 34.5 Å². The van der Waals surface area contributed by atoms with Crippen molar-refractivity contribution in [3.8, 4) is 0 Å². The molecular formula is C31H35F6N5O5S. The highest BCUT2D eigenvalue weighted by Crippen LogP contribution is 2.33. The number of nitrogens with two attached hydrogens (primary N) is 1. The maximum Gasteiger partial charge on any atom is 0.389 e. The Morgan fingerprint density at radius 2 is 1.54 bits per heavy atom. The van der Waals surface area contributed by atoms with Gasteiger partial charge in [-0.3, -0.25) is 23.9 Å². The molecule has 1 aliphatic heterocycles. The average molecular weight is 704 g/mol. The largest absolute Gasteiger partial charge is 0.468 e. The summed E-state index contributed by atoms with van der Waals surface area (Å²) < 4.78 is 86.1. The van der Waals surface area contributed by atoms with Crippen molar-refractivity contribution >= 4 is 47.0 Å². The Balaban J connectivity index is 1.99. The SMILES string of the molecule is COC(=O)[C@@H](N)CSNC(=O)[C@@H](CCC(F)(F)F)[C@@H](CCCC(F)(F)F)C(=O)N[C@H]1N=C(c2ccccc2)c2ccccc2N(C)C1=O. The van der Waals surface area contributed by atoms with E-state index < -0.39 is 92.2 Å². The minimum atomic E-state index is -4.77. The number of benzene rings is 2. The number of esters is 1. The molecule has 2 aromatic carbocycles. The second-order valence-corrected chi connectivity index (χ2v) is 11.8. The zero-order chi connectivity index (χ0) is 35.6. The topological polar surface area (TPSA) is 143 Å². The van der Waals surface area contributed by atoms with E-state index in [2.05, 4.69) is 19.8 Å². The van der Waals surface area contributed by atoms with Crippen molar-refractivity contribution in [2.45, 2.75) is 56.7 Å². The van der Waals surface area contributed by atoms with Crippen molar-refractivity contribution in [1.82, 2.24) is 10.0 Å². The number of aliphatic imine (C=N–C) groups is 1. The van der Waals surface area contributed by atoms with Crippen LogP contribution in [0.25, 0.3) is 0 Å². The van der Waals surface area contributed by atoms with Crippen LogP contribution in [0, 0.1) is 11.8 Å². The fourth-order valence-electron chi connectivity index (χ4n) is 5.05. The lowest BCUT2D eigenvalue weighted by Crippen LogP contribution is -2.50. The number of hydrogen-bond acceptors (Lipinski definition) is 8. The molecule has 0 aromatic heterocycles. The third-order valence-electron chi connectivity index (χ3n) is 7.48. The van der Waals surface area contributed by atoms with Gasteiger partial charge in [0.05, 0.1) is 24.4 Å². The Bertz CT molecular complexity index is 1470. The predicted molar refractivity (Wildman–Crippen MR) is 167 cm³/mol. The summed E-state index contributed by atoms with van der Waals surface area (Å²) in [6.07, 6.45) is -16.3. The minimum Gasteiger partial charge on any atom is -0.468 e. The lowest BCUT2D eigenvalue weighted by Gasteiger charge is -2.28. The number of anilines is 1. The summed E-state index contributed by atoms with van der Waals surface area (Å²) in [6, 6.07) is 14.2. The first-order chi connectivity index (χ1) is 22.5. The molecule has 1 aliphatic rings. The normalized spacial score (nSPS) is 16.9. The molecule has 3 rings (SSSR count). The monoisotopic (exact) mass is 703 g/mol. The van der Waals surface area contributed by atoms with Gasteiger partial charge in [0.2, 0.25) is 18.0 Å². The van der Waals surface area contributed by atoms with Gasteiger partial charge in [-0.2, -0.15) is 26.3 Å². The molecular weight excluding hydrogens is 668 g/mol. The number of amides is 3. The number of rotatable bonds is 14. The van der Waals surface area contributed by atoms with Gasteiger partial charge in [-0.15, -0.1) is 0 Å². The molecule has 262 valence electrons. The third kappa shape index (κ3) is 11.0. The van der Waals surface area contributed by atoms with E-state index in [-0.39, 0.29) is 5.75 Å². The Labute approximate surface area is 277 Å². The van der Waals surface area contributed by atoms with E-state index in [1.54, 1.807) is 54.6 Å². The number of nitrogens with zero attached hydrogens (tertiary/aromatic N) is 2. The van der Waals surface area contributed by atoms with Crippen LogP contribution < -0.4 is 20.7 Å². The minimum absolute atomic E-state index is 0.254. The third-order valence-corrected chi connectivity index (χ3v) is 8.35. The number of alkyl halides is 6. The molecule has 2 aromatic rings. The summed E-state index contributed by atoms with van der Waals surface area (Å²) in [7, 11) is 2.51. The maximum absolute atomic E-state index is 13.8. The molecule has 0 saturated carbocycles. The molecule has 0 aliphatic carbocycles. The molecule has 0 fully saturated rings. The molecule has 0 unspecified atom stereocenters. The van der Waals surface area contributed by atoms with Crippen LogP contribution in [-0.4, -0.2) is 73.9 Å². The lowest BCUT2D eigenvalue weighted by atomic mass is 9.83. The summed E-state index contributed by atoms with van der Waals surface area (Å²) >= 11 is 0.561. The standard InChI is InChI=1S/C31H35F6N5O5S/c1-42-23-13-7-6-11-21(23)24(18-9-4-3-5-10-18)39-25(28(42)45)40-26(43)19(12-8-15-30(32,33)34)20(14-16-31(35,36)37)27(44)41-48-17-22(38)29(46)47-2/h3-7,9-11,13,19-20,22,25H,8,12,14-17,38H2,1-2H3,(H,40,43)(H,41,44)/t19-,20+,22+,25-/m1/s1. The number of hydrogen-bond donors (Lipinski definition) is 3. The van der Waals surface area contributed by atoms with Crippen LogP contribution in [0.15, 0.2) is 59.6 Å². The van der Waals surface area contributed by atoms with E-state index in [0.717, 1.165) is 7.11 Å². The van der Waals surface area contributed by atoms with E-state index in [4.69, 9.17) is 5.73 Å². The predicted octanol–water partition coefficient (Wildman–Crippen LogP) is 4.51. The molecule has 4 N–H and O–H groups in total. The Morgan fingerprint density at radius 1 is 0.938 bits per heavy atom. The first kappa shape index (κ1) is 38.3. The van der Waals surface area contributed by atoms with Gasteiger partial charge < -0.3 is 20.7 Å². The van der Waals surface area contributed by atoms with Gasteiger partial charge in [-0.1, -0.05) is 48.5 Å². The fourth-order valence-corrected chi connectivity index (χ4v) is 5.75. The molecule has 0 saturated heterocycles. The number of halogens is 6. The van der Waals surface area contributed by atoms with Crippen molar-refractivity contribution in [2.75, 3.05) is 24.8 Å². The van der Waals surface area contributed by atoms with Gasteiger partial charge in [0.15, 0.2) is 0 Å². The van der Waals surface area contributed by atoms with Crippen molar-refractivity contribution in [2.24, 2.45) is 22.6 Å². The van der Waals surface area contributed by atoms with Gasteiger partial charge in [-0.25, -0.2) is 4.99 Å². The number of benzodiazepines with no additional fused rings is 1. The van der Waals surface area contributed by atoms with Crippen molar-refractivity contribution in [3.63, 3.8) is 0 Å². The number of ether oxygens (including phenoxy) is 1. The van der Waals surface area contributed by atoms with Crippen molar-refractivity contribution < 1.29 is 50.3 Å². The number of nitrogens with one attached hydrogen (secondary N) is 2.